The zero-order valence-electron chi connectivity index (χ0n) is 15.3. The Balaban J connectivity index is 1.57. The molecule has 140 valence electrons. The predicted octanol–water partition coefficient (Wildman–Crippen LogP) is 5.31. The summed E-state index contributed by atoms with van der Waals surface area (Å²) >= 11 is 0. The highest BCUT2D eigenvalue weighted by Gasteiger charge is 2.45. The first-order chi connectivity index (χ1) is 13.8. The highest BCUT2D eigenvalue weighted by Crippen LogP contribution is 2.45. The summed E-state index contributed by atoms with van der Waals surface area (Å²) in [6.07, 6.45) is 8.30. The molecule has 1 aliphatic carbocycles. The molecule has 0 N–H and O–H groups in total. The summed E-state index contributed by atoms with van der Waals surface area (Å²) < 4.78 is 11.2. The lowest BCUT2D eigenvalue weighted by atomic mass is 9.79. The fourth-order valence-electron chi connectivity index (χ4n) is 4.16. The number of carbonyl (C=O) groups excluding carboxylic acids is 1. The van der Waals surface area contributed by atoms with Gasteiger partial charge in [0.05, 0.1) is 18.2 Å². The standard InChI is InChI=1S/C23H20N2O3/c26-23(16-7-2-1-3-8-16)25-22(20-12-6-14-28-20)19-11-4-9-17(21(19)24-25)15-18-10-5-13-27-18/h1-3,5-8,10,12-15,19,22H,4,9,11H2/b17-15+/t19-,22-/m1/s1. The number of benzene rings is 1. The summed E-state index contributed by atoms with van der Waals surface area (Å²) in [5, 5.41) is 6.42. The molecule has 1 fully saturated rings. The van der Waals surface area contributed by atoms with E-state index < -0.39 is 0 Å². The number of nitrogens with zero attached hydrogens (tertiary/aromatic N) is 2. The van der Waals surface area contributed by atoms with E-state index in [9.17, 15) is 4.79 Å². The molecule has 0 radical (unpaired) electrons. The van der Waals surface area contributed by atoms with Gasteiger partial charge in [0.1, 0.15) is 17.6 Å². The highest BCUT2D eigenvalue weighted by molar-refractivity contribution is 6.09. The molecule has 2 aliphatic rings. The Hall–Kier alpha value is -3.34. The molecule has 2 atom stereocenters. The maximum Gasteiger partial charge on any atom is 0.274 e. The van der Waals surface area contributed by atoms with Gasteiger partial charge in [-0.1, -0.05) is 18.2 Å². The van der Waals surface area contributed by atoms with Crippen LogP contribution in [0.4, 0.5) is 0 Å². The van der Waals surface area contributed by atoms with Crippen molar-refractivity contribution in [3.8, 4) is 0 Å². The van der Waals surface area contributed by atoms with Gasteiger partial charge in [-0.3, -0.25) is 4.79 Å². The number of hydrazone groups is 1. The van der Waals surface area contributed by atoms with Gasteiger partial charge < -0.3 is 8.83 Å². The second kappa shape index (κ2) is 7.00. The van der Waals surface area contributed by atoms with Crippen molar-refractivity contribution < 1.29 is 13.6 Å². The summed E-state index contributed by atoms with van der Waals surface area (Å²) in [5.41, 5.74) is 2.72. The Morgan fingerprint density at radius 3 is 2.61 bits per heavy atom. The second-order valence-corrected chi connectivity index (χ2v) is 7.14. The Morgan fingerprint density at radius 1 is 1.04 bits per heavy atom. The van der Waals surface area contributed by atoms with E-state index in [-0.39, 0.29) is 17.9 Å². The molecular weight excluding hydrogens is 352 g/mol. The minimum atomic E-state index is -0.224. The lowest BCUT2D eigenvalue weighted by molar-refractivity contribution is 0.0656. The first-order valence-electron chi connectivity index (χ1n) is 9.56. The van der Waals surface area contributed by atoms with E-state index in [2.05, 4.69) is 0 Å². The number of fused-ring (bicyclic) bond motifs is 1. The Bertz CT molecular complexity index is 1020. The minimum Gasteiger partial charge on any atom is -0.467 e. The van der Waals surface area contributed by atoms with Crippen LogP contribution in [0.2, 0.25) is 0 Å². The van der Waals surface area contributed by atoms with Gasteiger partial charge in [0, 0.05) is 11.5 Å². The SMILES string of the molecule is O=C(c1ccccc1)N1N=C2/C(=C/c3ccco3)CCC[C@H]2[C@@H]1c1ccco1. The van der Waals surface area contributed by atoms with E-state index in [4.69, 9.17) is 13.9 Å². The second-order valence-electron chi connectivity index (χ2n) is 7.14. The van der Waals surface area contributed by atoms with Crippen LogP contribution in [0.1, 0.15) is 47.2 Å². The smallest absolute Gasteiger partial charge is 0.274 e. The molecule has 0 bridgehead atoms. The predicted molar refractivity (Wildman–Crippen MR) is 106 cm³/mol. The molecule has 5 nitrogen and oxygen atoms in total. The molecule has 1 aliphatic heterocycles. The fraction of sp³-hybridized carbons (Fsp3) is 0.217. The minimum absolute atomic E-state index is 0.110. The zero-order chi connectivity index (χ0) is 18.9. The summed E-state index contributed by atoms with van der Waals surface area (Å²) in [4.78, 5) is 13.3. The maximum absolute atomic E-state index is 13.3. The van der Waals surface area contributed by atoms with E-state index in [1.165, 1.54) is 0 Å². The molecule has 1 amide bonds. The average Bonchev–Trinajstić information content (AvgIpc) is 3.48. The van der Waals surface area contributed by atoms with E-state index in [0.717, 1.165) is 42.1 Å². The van der Waals surface area contributed by atoms with Gasteiger partial charge in [-0.05, 0) is 67.3 Å². The van der Waals surface area contributed by atoms with E-state index in [1.54, 1.807) is 17.5 Å². The van der Waals surface area contributed by atoms with Crippen molar-refractivity contribution in [2.24, 2.45) is 11.0 Å². The van der Waals surface area contributed by atoms with Gasteiger partial charge in [-0.2, -0.15) is 5.10 Å². The van der Waals surface area contributed by atoms with Crippen molar-refractivity contribution >= 4 is 17.7 Å². The normalized spacial score (nSPS) is 22.9. The number of hydrogen-bond acceptors (Lipinski definition) is 4. The van der Waals surface area contributed by atoms with Crippen molar-refractivity contribution in [1.29, 1.82) is 0 Å². The third-order valence-corrected chi connectivity index (χ3v) is 5.42. The molecule has 3 heterocycles. The molecule has 1 saturated carbocycles. The number of carbonyl (C=O) groups is 1. The summed E-state index contributed by atoms with van der Waals surface area (Å²) in [7, 11) is 0. The number of amides is 1. The topological polar surface area (TPSA) is 59.0 Å². The molecule has 0 unspecified atom stereocenters. The third-order valence-electron chi connectivity index (χ3n) is 5.42. The van der Waals surface area contributed by atoms with Crippen molar-refractivity contribution in [2.75, 3.05) is 0 Å². The molecule has 0 spiro atoms. The van der Waals surface area contributed by atoms with Gasteiger partial charge in [0.2, 0.25) is 0 Å². The van der Waals surface area contributed by atoms with Crippen molar-refractivity contribution in [2.45, 2.75) is 25.3 Å². The van der Waals surface area contributed by atoms with Gasteiger partial charge in [0.15, 0.2) is 0 Å². The molecule has 2 aromatic heterocycles. The van der Waals surface area contributed by atoms with Crippen LogP contribution in [0.15, 0.2) is 86.6 Å². The summed E-state index contributed by atoms with van der Waals surface area (Å²) in [6.45, 7) is 0. The first-order valence-corrected chi connectivity index (χ1v) is 9.56. The lowest BCUT2D eigenvalue weighted by Gasteiger charge is -2.27. The van der Waals surface area contributed by atoms with Crippen molar-refractivity contribution in [3.63, 3.8) is 0 Å². The van der Waals surface area contributed by atoms with Crippen LogP contribution in [0.3, 0.4) is 0 Å². The number of furan rings is 2. The van der Waals surface area contributed by atoms with Crippen LogP contribution < -0.4 is 0 Å². The largest absolute Gasteiger partial charge is 0.467 e. The summed E-state index contributed by atoms with van der Waals surface area (Å²) in [5.74, 6) is 1.59. The van der Waals surface area contributed by atoms with Gasteiger partial charge in [-0.25, -0.2) is 5.01 Å². The molecular formula is C23H20N2O3. The highest BCUT2D eigenvalue weighted by atomic mass is 16.3. The lowest BCUT2D eigenvalue weighted by Crippen LogP contribution is -2.31. The molecule has 0 saturated heterocycles. The van der Waals surface area contributed by atoms with Crippen LogP contribution in [-0.2, 0) is 0 Å². The van der Waals surface area contributed by atoms with E-state index >= 15 is 0 Å². The molecule has 5 heteroatoms. The van der Waals surface area contributed by atoms with Crippen molar-refractivity contribution in [3.05, 3.63) is 89.8 Å². The Kier molecular flexibility index (Phi) is 4.20. The molecule has 3 aromatic rings. The third kappa shape index (κ3) is 2.89. The van der Waals surface area contributed by atoms with Gasteiger partial charge in [-0.15, -0.1) is 0 Å². The quantitative estimate of drug-likeness (QED) is 0.626. The van der Waals surface area contributed by atoms with E-state index in [1.807, 2.05) is 60.7 Å². The van der Waals surface area contributed by atoms with E-state index in [0.29, 0.717) is 5.56 Å². The van der Waals surface area contributed by atoms with Crippen LogP contribution in [0, 0.1) is 5.92 Å². The van der Waals surface area contributed by atoms with Crippen molar-refractivity contribution in [1.82, 2.24) is 5.01 Å². The first kappa shape index (κ1) is 16.8. The average molecular weight is 372 g/mol. The van der Waals surface area contributed by atoms with Crippen LogP contribution in [-0.4, -0.2) is 16.6 Å². The Morgan fingerprint density at radius 2 is 1.86 bits per heavy atom. The monoisotopic (exact) mass is 372 g/mol. The number of allylic oxidation sites excluding steroid dienone is 1. The maximum atomic E-state index is 13.3. The van der Waals surface area contributed by atoms with Crippen LogP contribution in [0.5, 0.6) is 0 Å². The summed E-state index contributed by atoms with van der Waals surface area (Å²) in [6, 6.07) is 16.7. The van der Waals surface area contributed by atoms with Gasteiger partial charge in [0.25, 0.3) is 5.91 Å². The number of hydrogen-bond donors (Lipinski definition) is 0. The molecule has 1 aromatic carbocycles. The Labute approximate surface area is 163 Å². The van der Waals surface area contributed by atoms with Crippen LogP contribution in [0.25, 0.3) is 6.08 Å². The molecule has 28 heavy (non-hydrogen) atoms. The van der Waals surface area contributed by atoms with Gasteiger partial charge >= 0.3 is 0 Å². The number of rotatable bonds is 3. The van der Waals surface area contributed by atoms with Crippen LogP contribution >= 0.6 is 0 Å². The molecule has 5 rings (SSSR count). The zero-order valence-corrected chi connectivity index (χ0v) is 15.3. The fourth-order valence-corrected chi connectivity index (χ4v) is 4.16.